The molecule has 8 heteroatoms. The third kappa shape index (κ3) is 1.46. The molecule has 0 aromatic carbocycles. The fourth-order valence-corrected chi connectivity index (χ4v) is 1.89. The predicted octanol–water partition coefficient (Wildman–Crippen LogP) is -1.34. The average molecular weight is 237 g/mol. The Morgan fingerprint density at radius 3 is 2.88 bits per heavy atom. The lowest BCUT2D eigenvalue weighted by Crippen LogP contribution is -2.28. The lowest BCUT2D eigenvalue weighted by Gasteiger charge is -2.16. The zero-order valence-electron chi connectivity index (χ0n) is 8.76. The maximum absolute atomic E-state index is 9.76. The molecule has 3 atom stereocenters. The number of aliphatic hydroxyl groups excluding tert-OH is 2. The molecule has 2 aromatic heterocycles. The molecule has 0 amide bonds. The molecular weight excluding hydrogens is 226 g/mol. The van der Waals surface area contributed by atoms with E-state index in [9.17, 15) is 10.2 Å². The van der Waals surface area contributed by atoms with Gasteiger partial charge >= 0.3 is 0 Å². The van der Waals surface area contributed by atoms with Crippen LogP contribution in [0.4, 0.5) is 5.82 Å². The minimum Gasteiger partial charge on any atom is -0.388 e. The Bertz CT molecular complexity index is 557. The molecule has 1 saturated heterocycles. The zero-order valence-corrected chi connectivity index (χ0v) is 8.76. The van der Waals surface area contributed by atoms with Crippen molar-refractivity contribution in [3.63, 3.8) is 0 Å². The summed E-state index contributed by atoms with van der Waals surface area (Å²) in [6.45, 7) is 0.0755. The number of nitrogen functional groups attached to an aromatic ring is 1. The zero-order chi connectivity index (χ0) is 12.0. The Morgan fingerprint density at radius 2 is 2.18 bits per heavy atom. The van der Waals surface area contributed by atoms with Gasteiger partial charge in [-0.25, -0.2) is 15.0 Å². The summed E-state index contributed by atoms with van der Waals surface area (Å²) in [6.07, 6.45) is 0.152. The van der Waals surface area contributed by atoms with E-state index in [1.807, 2.05) is 0 Å². The minimum atomic E-state index is -1.01. The number of nitrogens with zero attached hydrogens (tertiary/aromatic N) is 4. The molecule has 90 valence electrons. The Balaban J connectivity index is 2.10. The van der Waals surface area contributed by atoms with Crippen LogP contribution in [0.5, 0.6) is 0 Å². The summed E-state index contributed by atoms with van der Waals surface area (Å²) in [4.78, 5) is 11.9. The van der Waals surface area contributed by atoms with Crippen LogP contribution in [0, 0.1) is 0 Å². The molecule has 8 nitrogen and oxygen atoms in total. The van der Waals surface area contributed by atoms with Crippen molar-refractivity contribution in [2.75, 3.05) is 12.3 Å². The van der Waals surface area contributed by atoms with Gasteiger partial charge in [0.1, 0.15) is 24.1 Å². The maximum Gasteiger partial charge on any atom is 0.167 e. The molecule has 0 aliphatic carbocycles. The van der Waals surface area contributed by atoms with E-state index >= 15 is 0 Å². The quantitative estimate of drug-likeness (QED) is 0.561. The van der Waals surface area contributed by atoms with Crippen molar-refractivity contribution in [1.29, 1.82) is 0 Å². The fraction of sp³-hybridized carbons (Fsp3) is 0.444. The van der Waals surface area contributed by atoms with Crippen molar-refractivity contribution in [2.45, 2.75) is 18.4 Å². The molecule has 1 aliphatic heterocycles. The van der Waals surface area contributed by atoms with E-state index in [-0.39, 0.29) is 12.4 Å². The molecule has 0 saturated carbocycles. The highest BCUT2D eigenvalue weighted by molar-refractivity contribution is 5.81. The Kier molecular flexibility index (Phi) is 2.21. The number of imidazole rings is 1. The normalized spacial score (nSPS) is 28.9. The van der Waals surface area contributed by atoms with Gasteiger partial charge in [0.15, 0.2) is 17.7 Å². The Morgan fingerprint density at radius 1 is 1.35 bits per heavy atom. The monoisotopic (exact) mass is 237 g/mol. The molecule has 0 bridgehead atoms. The van der Waals surface area contributed by atoms with Gasteiger partial charge in [-0.2, -0.15) is 0 Å². The van der Waals surface area contributed by atoms with Crippen molar-refractivity contribution >= 4 is 17.0 Å². The van der Waals surface area contributed by atoms with Crippen molar-refractivity contribution in [1.82, 2.24) is 19.5 Å². The molecule has 0 radical (unpaired) electrons. The molecule has 3 heterocycles. The number of hydrogen-bond acceptors (Lipinski definition) is 7. The summed E-state index contributed by atoms with van der Waals surface area (Å²) < 4.78 is 6.83. The molecule has 4 N–H and O–H groups in total. The minimum absolute atomic E-state index is 0.0755. The van der Waals surface area contributed by atoms with Crippen molar-refractivity contribution < 1.29 is 14.9 Å². The van der Waals surface area contributed by atoms with Crippen LogP contribution in [0.15, 0.2) is 12.7 Å². The summed E-state index contributed by atoms with van der Waals surface area (Å²) in [7, 11) is 0. The number of fused-ring (bicyclic) bond motifs is 1. The van der Waals surface area contributed by atoms with Crippen LogP contribution in [0.25, 0.3) is 11.2 Å². The summed E-state index contributed by atoms with van der Waals surface area (Å²) in [5.41, 5.74) is 6.57. The molecular formula is C9H11N5O3. The second-order valence-corrected chi connectivity index (χ2v) is 3.86. The molecule has 0 unspecified atom stereocenters. The van der Waals surface area contributed by atoms with Crippen LogP contribution in [0.2, 0.25) is 0 Å². The number of anilines is 1. The third-order valence-corrected chi connectivity index (χ3v) is 2.79. The maximum atomic E-state index is 9.76. The van der Waals surface area contributed by atoms with E-state index in [0.29, 0.717) is 11.2 Å². The number of rotatable bonds is 1. The number of aromatic nitrogens is 4. The van der Waals surface area contributed by atoms with Gasteiger partial charge in [-0.15, -0.1) is 0 Å². The van der Waals surface area contributed by atoms with Crippen molar-refractivity contribution in [3.05, 3.63) is 12.7 Å². The van der Waals surface area contributed by atoms with Gasteiger partial charge in [0.05, 0.1) is 12.9 Å². The lowest BCUT2D eigenvalue weighted by molar-refractivity contribution is -0.0162. The lowest BCUT2D eigenvalue weighted by atomic mass is 10.2. The molecule has 17 heavy (non-hydrogen) atoms. The Hall–Kier alpha value is -1.77. The fourth-order valence-electron chi connectivity index (χ4n) is 1.89. The van der Waals surface area contributed by atoms with Gasteiger partial charge in [-0.3, -0.25) is 4.57 Å². The summed E-state index contributed by atoms with van der Waals surface area (Å²) >= 11 is 0. The van der Waals surface area contributed by atoms with E-state index in [1.54, 1.807) is 0 Å². The van der Waals surface area contributed by atoms with Gasteiger partial charge in [0, 0.05) is 0 Å². The van der Waals surface area contributed by atoms with Gasteiger partial charge in [-0.1, -0.05) is 0 Å². The molecule has 1 fully saturated rings. The van der Waals surface area contributed by atoms with Crippen molar-refractivity contribution in [3.8, 4) is 0 Å². The predicted molar refractivity (Wildman–Crippen MR) is 56.7 cm³/mol. The largest absolute Gasteiger partial charge is 0.388 e. The summed E-state index contributed by atoms with van der Waals surface area (Å²) in [5.74, 6) is 0.266. The highest BCUT2D eigenvalue weighted by atomic mass is 16.5. The van der Waals surface area contributed by atoms with Crippen LogP contribution in [0.1, 0.15) is 6.23 Å². The number of hydrogen-bond donors (Lipinski definition) is 3. The Labute approximate surface area is 95.7 Å². The van der Waals surface area contributed by atoms with E-state index in [4.69, 9.17) is 10.5 Å². The first-order chi connectivity index (χ1) is 8.18. The molecule has 3 rings (SSSR count). The van der Waals surface area contributed by atoms with Crippen LogP contribution in [0.3, 0.4) is 0 Å². The first-order valence-electron chi connectivity index (χ1n) is 5.09. The highest BCUT2D eigenvalue weighted by Crippen LogP contribution is 2.27. The van der Waals surface area contributed by atoms with Crippen LogP contribution >= 0.6 is 0 Å². The SMILES string of the molecule is Nc1ncnc2c1ncn2[C@@H]1OC[C@H](O)[C@H]1O. The van der Waals surface area contributed by atoms with E-state index in [0.717, 1.165) is 0 Å². The average Bonchev–Trinajstić information content (AvgIpc) is 2.86. The second kappa shape index (κ2) is 3.62. The number of nitrogens with two attached hydrogens (primary N) is 1. The molecule has 0 spiro atoms. The number of aliphatic hydroxyl groups is 2. The first kappa shape index (κ1) is 10.4. The van der Waals surface area contributed by atoms with Gasteiger partial charge in [0.2, 0.25) is 0 Å². The van der Waals surface area contributed by atoms with E-state index in [2.05, 4.69) is 15.0 Å². The molecule has 2 aromatic rings. The van der Waals surface area contributed by atoms with Gasteiger partial charge < -0.3 is 20.7 Å². The van der Waals surface area contributed by atoms with Crippen LogP contribution in [-0.4, -0.2) is 48.5 Å². The van der Waals surface area contributed by atoms with E-state index < -0.39 is 18.4 Å². The molecule has 1 aliphatic rings. The van der Waals surface area contributed by atoms with E-state index in [1.165, 1.54) is 17.2 Å². The second-order valence-electron chi connectivity index (χ2n) is 3.86. The number of ether oxygens (including phenoxy) is 1. The standard InChI is InChI=1S/C9H11N5O3/c10-7-5-8(12-2-11-7)14(3-13-5)9-6(16)4(15)1-17-9/h2-4,6,9,15-16H,1H2,(H2,10,11,12)/t4-,6+,9+/m0/s1. The topological polar surface area (TPSA) is 119 Å². The summed E-state index contributed by atoms with van der Waals surface area (Å²) in [6, 6.07) is 0. The first-order valence-corrected chi connectivity index (χ1v) is 5.09. The van der Waals surface area contributed by atoms with Gasteiger partial charge in [-0.05, 0) is 0 Å². The third-order valence-electron chi connectivity index (χ3n) is 2.79. The highest BCUT2D eigenvalue weighted by Gasteiger charge is 2.36. The van der Waals surface area contributed by atoms with Gasteiger partial charge in [0.25, 0.3) is 0 Å². The van der Waals surface area contributed by atoms with Crippen LogP contribution < -0.4 is 5.73 Å². The van der Waals surface area contributed by atoms with Crippen LogP contribution in [-0.2, 0) is 4.74 Å². The summed E-state index contributed by atoms with van der Waals surface area (Å²) in [5, 5.41) is 19.2. The smallest absolute Gasteiger partial charge is 0.167 e. The van der Waals surface area contributed by atoms with Crippen molar-refractivity contribution in [2.24, 2.45) is 0 Å².